The third-order valence-corrected chi connectivity index (χ3v) is 5.55. The minimum Gasteiger partial charge on any atom is -0.449 e. The van der Waals surface area contributed by atoms with Gasteiger partial charge in [0.15, 0.2) is 6.10 Å². The number of esters is 1. The van der Waals surface area contributed by atoms with Gasteiger partial charge in [0.2, 0.25) is 10.0 Å². The molecule has 0 spiro atoms. The number of nitrogens with one attached hydrogen (secondary N) is 2. The molecule has 0 unspecified atom stereocenters. The van der Waals surface area contributed by atoms with E-state index in [1.54, 1.807) is 6.07 Å². The number of hydrogen-bond acceptors (Lipinski definition) is 5. The summed E-state index contributed by atoms with van der Waals surface area (Å²) >= 11 is 0. The number of carbonyl (C=O) groups excluding carboxylic acids is 2. The Labute approximate surface area is 170 Å². The van der Waals surface area contributed by atoms with Crippen molar-refractivity contribution in [2.24, 2.45) is 0 Å². The van der Waals surface area contributed by atoms with Crippen molar-refractivity contribution in [3.63, 3.8) is 0 Å². The van der Waals surface area contributed by atoms with Crippen LogP contribution in [0.1, 0.15) is 28.4 Å². The fourth-order valence-electron chi connectivity index (χ4n) is 2.49. The van der Waals surface area contributed by atoms with Crippen LogP contribution in [0.4, 0.5) is 5.69 Å². The molecule has 0 heterocycles. The summed E-state index contributed by atoms with van der Waals surface area (Å²) in [6, 6.07) is 10.9. The van der Waals surface area contributed by atoms with Crippen LogP contribution in [-0.2, 0) is 19.6 Å². The van der Waals surface area contributed by atoms with Gasteiger partial charge in [-0.05, 0) is 56.7 Å². The average Bonchev–Trinajstić information content (AvgIpc) is 2.68. The number of benzene rings is 2. The highest BCUT2D eigenvalue weighted by atomic mass is 32.2. The van der Waals surface area contributed by atoms with Gasteiger partial charge in [-0.25, -0.2) is 17.9 Å². The van der Waals surface area contributed by atoms with E-state index in [4.69, 9.17) is 4.74 Å². The van der Waals surface area contributed by atoms with Gasteiger partial charge in [0.25, 0.3) is 5.91 Å². The minimum atomic E-state index is -3.68. The number of sulfonamides is 1. The lowest BCUT2D eigenvalue weighted by molar-refractivity contribution is -0.123. The van der Waals surface area contributed by atoms with Crippen molar-refractivity contribution in [3.8, 4) is 0 Å². The Morgan fingerprint density at radius 2 is 1.79 bits per heavy atom. The maximum Gasteiger partial charge on any atom is 0.338 e. The van der Waals surface area contributed by atoms with Crippen molar-refractivity contribution in [1.29, 1.82) is 0 Å². The first-order valence-corrected chi connectivity index (χ1v) is 10.4. The maximum atomic E-state index is 12.3. The van der Waals surface area contributed by atoms with Crippen molar-refractivity contribution in [1.82, 2.24) is 4.72 Å². The van der Waals surface area contributed by atoms with Crippen LogP contribution in [0, 0.1) is 13.8 Å². The highest BCUT2D eigenvalue weighted by molar-refractivity contribution is 7.89. The Morgan fingerprint density at radius 1 is 1.14 bits per heavy atom. The molecule has 0 radical (unpaired) electrons. The molecule has 29 heavy (non-hydrogen) atoms. The quantitative estimate of drug-likeness (QED) is 0.509. The summed E-state index contributed by atoms with van der Waals surface area (Å²) in [4.78, 5) is 24.6. The Morgan fingerprint density at radius 3 is 2.38 bits per heavy atom. The molecule has 0 aromatic heterocycles. The first-order valence-electron chi connectivity index (χ1n) is 8.94. The Kier molecular flexibility index (Phi) is 7.30. The summed E-state index contributed by atoms with van der Waals surface area (Å²) in [7, 11) is -3.68. The lowest BCUT2D eigenvalue weighted by atomic mass is 10.1. The third kappa shape index (κ3) is 6.00. The largest absolute Gasteiger partial charge is 0.449 e. The molecule has 7 nitrogen and oxygen atoms in total. The maximum absolute atomic E-state index is 12.3. The second-order valence-electron chi connectivity index (χ2n) is 6.52. The molecule has 0 saturated carbocycles. The van der Waals surface area contributed by atoms with Gasteiger partial charge in [-0.3, -0.25) is 4.79 Å². The fourth-order valence-corrected chi connectivity index (χ4v) is 3.49. The zero-order chi connectivity index (χ0) is 21.6. The molecule has 1 amide bonds. The Hall–Kier alpha value is -2.97. The SMILES string of the molecule is C=CCNS(=O)(=O)c1ccc(C(=O)O[C@H](C)C(=O)Nc2ccc(C)cc2C)cc1. The van der Waals surface area contributed by atoms with Crippen molar-refractivity contribution in [2.45, 2.75) is 31.8 Å². The predicted octanol–water partition coefficient (Wildman–Crippen LogP) is 2.95. The van der Waals surface area contributed by atoms with Crippen LogP contribution in [-0.4, -0.2) is 32.9 Å². The van der Waals surface area contributed by atoms with E-state index in [1.807, 2.05) is 26.0 Å². The third-order valence-electron chi connectivity index (χ3n) is 4.11. The van der Waals surface area contributed by atoms with E-state index in [9.17, 15) is 18.0 Å². The molecular weight excluding hydrogens is 392 g/mol. The van der Waals surface area contributed by atoms with Crippen LogP contribution in [0.25, 0.3) is 0 Å². The highest BCUT2D eigenvalue weighted by Gasteiger charge is 2.20. The van der Waals surface area contributed by atoms with E-state index in [0.29, 0.717) is 5.69 Å². The Balaban J connectivity index is 2.01. The summed E-state index contributed by atoms with van der Waals surface area (Å²) < 4.78 is 31.6. The van der Waals surface area contributed by atoms with Gasteiger partial charge in [0, 0.05) is 12.2 Å². The zero-order valence-electron chi connectivity index (χ0n) is 16.6. The summed E-state index contributed by atoms with van der Waals surface area (Å²) in [6.45, 7) is 8.84. The molecule has 2 aromatic carbocycles. The van der Waals surface area contributed by atoms with Crippen LogP contribution >= 0.6 is 0 Å². The molecule has 2 rings (SSSR count). The van der Waals surface area contributed by atoms with E-state index in [-0.39, 0.29) is 17.0 Å². The molecule has 0 saturated heterocycles. The van der Waals surface area contributed by atoms with Gasteiger partial charge in [0.1, 0.15) is 0 Å². The molecule has 0 aliphatic heterocycles. The Bertz CT molecular complexity index is 1010. The molecule has 8 heteroatoms. The van der Waals surface area contributed by atoms with Gasteiger partial charge in [0.05, 0.1) is 10.5 Å². The highest BCUT2D eigenvalue weighted by Crippen LogP contribution is 2.17. The number of carbonyl (C=O) groups is 2. The molecular formula is C21H24N2O5S. The second kappa shape index (κ2) is 9.49. The summed E-state index contributed by atoms with van der Waals surface area (Å²) in [5.74, 6) is -1.19. The molecule has 0 fully saturated rings. The molecule has 0 bridgehead atoms. The molecule has 154 valence electrons. The van der Waals surface area contributed by atoms with E-state index >= 15 is 0 Å². The normalized spacial score (nSPS) is 12.1. The molecule has 1 atom stereocenters. The first-order chi connectivity index (χ1) is 13.6. The topological polar surface area (TPSA) is 102 Å². The van der Waals surface area contributed by atoms with Crippen LogP contribution in [0.5, 0.6) is 0 Å². The van der Waals surface area contributed by atoms with Gasteiger partial charge < -0.3 is 10.1 Å². The lowest BCUT2D eigenvalue weighted by Crippen LogP contribution is -2.30. The van der Waals surface area contributed by atoms with Crippen LogP contribution in [0.15, 0.2) is 60.0 Å². The van der Waals surface area contributed by atoms with Crippen LogP contribution in [0.3, 0.4) is 0 Å². The number of hydrogen-bond donors (Lipinski definition) is 2. The van der Waals surface area contributed by atoms with E-state index in [1.165, 1.54) is 37.3 Å². The van der Waals surface area contributed by atoms with Gasteiger partial charge >= 0.3 is 5.97 Å². The van der Waals surface area contributed by atoms with Crippen molar-refractivity contribution in [3.05, 3.63) is 71.8 Å². The minimum absolute atomic E-state index is 0.0107. The van der Waals surface area contributed by atoms with Gasteiger partial charge in [-0.1, -0.05) is 23.8 Å². The van der Waals surface area contributed by atoms with Gasteiger partial charge in [-0.15, -0.1) is 6.58 Å². The monoisotopic (exact) mass is 416 g/mol. The number of anilines is 1. The average molecular weight is 416 g/mol. The van der Waals surface area contributed by atoms with Gasteiger partial charge in [-0.2, -0.15) is 0 Å². The summed E-state index contributed by atoms with van der Waals surface area (Å²) in [5, 5.41) is 2.73. The fraction of sp³-hybridized carbons (Fsp3) is 0.238. The van der Waals surface area contributed by atoms with Crippen molar-refractivity contribution >= 4 is 27.6 Å². The van der Waals surface area contributed by atoms with Crippen molar-refractivity contribution in [2.75, 3.05) is 11.9 Å². The van der Waals surface area contributed by atoms with E-state index in [0.717, 1.165) is 11.1 Å². The number of ether oxygens (including phenoxy) is 1. The lowest BCUT2D eigenvalue weighted by Gasteiger charge is -2.15. The molecule has 0 aliphatic carbocycles. The first kappa shape index (κ1) is 22.3. The molecule has 2 aromatic rings. The summed E-state index contributed by atoms with van der Waals surface area (Å²) in [6.07, 6.45) is 0.397. The second-order valence-corrected chi connectivity index (χ2v) is 8.29. The zero-order valence-corrected chi connectivity index (χ0v) is 17.4. The van der Waals surface area contributed by atoms with Crippen LogP contribution < -0.4 is 10.0 Å². The number of amides is 1. The number of rotatable bonds is 8. The van der Waals surface area contributed by atoms with E-state index < -0.39 is 28.0 Å². The molecule has 0 aliphatic rings. The summed E-state index contributed by atoms with van der Waals surface area (Å²) in [5.41, 5.74) is 2.76. The molecule has 2 N–H and O–H groups in total. The standard InChI is InChI=1S/C21H24N2O5S/c1-5-12-22-29(26,27)18-9-7-17(8-10-18)21(25)28-16(4)20(24)23-19-11-6-14(2)13-15(19)3/h5-11,13,16,22H,1,12H2,2-4H3,(H,23,24)/t16-/m1/s1. The number of aryl methyl sites for hydroxylation is 2. The van der Waals surface area contributed by atoms with E-state index in [2.05, 4.69) is 16.6 Å². The predicted molar refractivity (Wildman–Crippen MR) is 111 cm³/mol. The van der Waals surface area contributed by atoms with Crippen LogP contribution in [0.2, 0.25) is 0 Å². The smallest absolute Gasteiger partial charge is 0.338 e. The van der Waals surface area contributed by atoms with Crippen molar-refractivity contribution < 1.29 is 22.7 Å².